The molecule has 0 radical (unpaired) electrons. The molecule has 0 aliphatic carbocycles. The molecule has 3 aliphatic heterocycles. The van der Waals surface area contributed by atoms with Gasteiger partial charge in [-0.05, 0) is 78.6 Å². The monoisotopic (exact) mass is 841 g/mol. The zero-order valence-corrected chi connectivity index (χ0v) is 35.2. The molecule has 5 heterocycles. The molecular weight excluding hydrogens is 791 g/mol. The van der Waals surface area contributed by atoms with Gasteiger partial charge in [0.05, 0.1) is 42.0 Å². The molecule has 5 N–H and O–H groups in total. The normalized spacial score (nSPS) is 19.4. The lowest BCUT2D eigenvalue weighted by Gasteiger charge is -2.30. The molecule has 6 aromatic rings. The number of carbonyl (C=O) groups excluding carboxylic acids is 3. The molecule has 0 unspecified atom stereocenters. The fourth-order valence-corrected chi connectivity index (χ4v) is 8.95. The highest BCUT2D eigenvalue weighted by molar-refractivity contribution is 5.89. The standard InChI is InChI=1S/C50H51N9O4/c1-63-39-26-29-57(32-39)50(62)56-45(38-12-6-3-7-13-38)49(61)59-28-9-15-43(59)47-53-31-41(55-47)36-24-20-34(21-25-36)17-16-33-18-22-35(23-19-33)40-30-52-46(54-40)42-14-8-27-58(42)48(60)44(51)37-10-4-2-5-11-37/h2-7,10-13,18-25,30-31,39,42-45H,8-9,14-15,26-29,32,51H2,1H3,(H,52,54)(H,53,55)(H,56,62)/t39-,42-,43-,44+,45+/m0/s1. The van der Waals surface area contributed by atoms with Crippen molar-refractivity contribution in [2.45, 2.75) is 62.4 Å². The average Bonchev–Trinajstić information content (AvgIpc) is 4.20. The molecule has 4 aromatic carbocycles. The fraction of sp³-hybridized carbons (Fsp3) is 0.300. The van der Waals surface area contributed by atoms with Gasteiger partial charge in [-0.2, -0.15) is 0 Å². The molecule has 5 atom stereocenters. The maximum atomic E-state index is 14.3. The number of imidazole rings is 2. The number of H-pyrrole nitrogens is 2. The number of hydrogen-bond acceptors (Lipinski definition) is 7. The summed E-state index contributed by atoms with van der Waals surface area (Å²) in [5.41, 5.74) is 13.3. The molecule has 63 heavy (non-hydrogen) atoms. The molecule has 3 fully saturated rings. The Hall–Kier alpha value is -7.01. The third-order valence-electron chi connectivity index (χ3n) is 12.5. The second kappa shape index (κ2) is 18.5. The highest BCUT2D eigenvalue weighted by Crippen LogP contribution is 2.35. The van der Waals surface area contributed by atoms with Gasteiger partial charge < -0.3 is 40.5 Å². The van der Waals surface area contributed by atoms with Gasteiger partial charge in [-0.15, -0.1) is 0 Å². The van der Waals surface area contributed by atoms with E-state index in [1.807, 2.05) is 131 Å². The van der Waals surface area contributed by atoms with E-state index in [9.17, 15) is 14.4 Å². The predicted octanol–water partition coefficient (Wildman–Crippen LogP) is 7.07. The second-order valence-electron chi connectivity index (χ2n) is 16.4. The summed E-state index contributed by atoms with van der Waals surface area (Å²) in [5.74, 6) is 7.79. The van der Waals surface area contributed by atoms with Crippen LogP contribution >= 0.6 is 0 Å². The van der Waals surface area contributed by atoms with Crippen LogP contribution in [-0.2, 0) is 14.3 Å². The van der Waals surface area contributed by atoms with Crippen LogP contribution in [0.4, 0.5) is 4.79 Å². The Balaban J connectivity index is 0.826. The van der Waals surface area contributed by atoms with E-state index in [0.29, 0.717) is 32.0 Å². The van der Waals surface area contributed by atoms with Gasteiger partial charge in [-0.25, -0.2) is 14.8 Å². The first-order chi connectivity index (χ1) is 30.8. The number of hydrogen-bond donors (Lipinski definition) is 4. The molecule has 0 saturated carbocycles. The molecular formula is C50H51N9O4. The van der Waals surface area contributed by atoms with Gasteiger partial charge in [-0.3, -0.25) is 9.59 Å². The van der Waals surface area contributed by atoms with Crippen LogP contribution in [0.5, 0.6) is 0 Å². The summed E-state index contributed by atoms with van der Waals surface area (Å²) in [6, 6.07) is 32.7. The van der Waals surface area contributed by atoms with Crippen LogP contribution < -0.4 is 11.1 Å². The van der Waals surface area contributed by atoms with Crippen molar-refractivity contribution in [2.75, 3.05) is 33.3 Å². The van der Waals surface area contributed by atoms with Crippen molar-refractivity contribution in [2.24, 2.45) is 5.73 Å². The largest absolute Gasteiger partial charge is 0.380 e. The summed E-state index contributed by atoms with van der Waals surface area (Å²) in [6.45, 7) is 2.30. The average molecular weight is 842 g/mol. The summed E-state index contributed by atoms with van der Waals surface area (Å²) in [7, 11) is 1.66. The number of rotatable bonds is 10. The van der Waals surface area contributed by atoms with Gasteiger partial charge in [0.15, 0.2) is 0 Å². The number of ether oxygens (including phenoxy) is 1. The van der Waals surface area contributed by atoms with Crippen LogP contribution in [0, 0.1) is 11.8 Å². The summed E-state index contributed by atoms with van der Waals surface area (Å²) in [6.07, 6.45) is 7.71. The predicted molar refractivity (Wildman–Crippen MR) is 239 cm³/mol. The van der Waals surface area contributed by atoms with Crippen LogP contribution in [-0.4, -0.2) is 91.9 Å². The number of urea groups is 1. The SMILES string of the molecule is CO[C@H]1CCN(C(=O)N[C@@H](C(=O)N2CCC[C@H]2c2ncc(-c3ccc(C#Cc4ccc(-c5cnc([C@@H]6CCCN6C(=O)[C@H](N)c6ccccc6)[nH]5)cc4)cc3)[nH]2)c2ccccc2)C1. The minimum Gasteiger partial charge on any atom is -0.380 e. The van der Waals surface area contributed by atoms with Crippen molar-refractivity contribution in [1.82, 2.24) is 40.0 Å². The zero-order valence-electron chi connectivity index (χ0n) is 35.2. The minimum absolute atomic E-state index is 0.00210. The van der Waals surface area contributed by atoms with E-state index in [-0.39, 0.29) is 36.0 Å². The summed E-state index contributed by atoms with van der Waals surface area (Å²) < 4.78 is 5.46. The second-order valence-corrected chi connectivity index (χ2v) is 16.4. The zero-order chi connectivity index (χ0) is 43.3. The first kappa shape index (κ1) is 41.3. The minimum atomic E-state index is -0.829. The number of methoxy groups -OCH3 is 1. The number of aromatic amines is 2. The van der Waals surface area contributed by atoms with E-state index >= 15 is 0 Å². The third-order valence-corrected chi connectivity index (χ3v) is 12.5. The van der Waals surface area contributed by atoms with Crippen LogP contribution in [0.3, 0.4) is 0 Å². The Morgan fingerprint density at radius 3 is 1.70 bits per heavy atom. The van der Waals surface area contributed by atoms with Crippen LogP contribution in [0.2, 0.25) is 0 Å². The van der Waals surface area contributed by atoms with E-state index in [0.717, 1.165) is 82.7 Å². The van der Waals surface area contributed by atoms with Crippen molar-refractivity contribution < 1.29 is 19.1 Å². The number of aromatic nitrogens is 4. The van der Waals surface area contributed by atoms with Crippen molar-refractivity contribution in [3.8, 4) is 34.4 Å². The van der Waals surface area contributed by atoms with Gasteiger partial charge in [0.2, 0.25) is 11.8 Å². The molecule has 3 aliphatic rings. The molecule has 320 valence electrons. The number of nitrogens with zero attached hydrogens (tertiary/aromatic N) is 5. The van der Waals surface area contributed by atoms with E-state index in [1.165, 1.54) is 0 Å². The van der Waals surface area contributed by atoms with Crippen LogP contribution in [0.25, 0.3) is 22.5 Å². The van der Waals surface area contributed by atoms with Gasteiger partial charge in [0.1, 0.15) is 23.7 Å². The van der Waals surface area contributed by atoms with Gasteiger partial charge in [0.25, 0.3) is 0 Å². The number of likely N-dealkylation sites (tertiary alicyclic amines) is 3. The van der Waals surface area contributed by atoms with Gasteiger partial charge in [0, 0.05) is 44.4 Å². The van der Waals surface area contributed by atoms with E-state index in [4.69, 9.17) is 15.5 Å². The lowest BCUT2D eigenvalue weighted by Crippen LogP contribution is -2.47. The Morgan fingerprint density at radius 1 is 0.683 bits per heavy atom. The first-order valence-corrected chi connectivity index (χ1v) is 21.7. The fourth-order valence-electron chi connectivity index (χ4n) is 8.95. The molecule has 2 aromatic heterocycles. The van der Waals surface area contributed by atoms with Gasteiger partial charge >= 0.3 is 6.03 Å². The Kier molecular flexibility index (Phi) is 12.2. The topological polar surface area (TPSA) is 166 Å². The van der Waals surface area contributed by atoms with E-state index < -0.39 is 12.1 Å². The van der Waals surface area contributed by atoms with Crippen molar-refractivity contribution in [1.29, 1.82) is 0 Å². The highest BCUT2D eigenvalue weighted by atomic mass is 16.5. The van der Waals surface area contributed by atoms with E-state index in [1.54, 1.807) is 12.0 Å². The Morgan fingerprint density at radius 2 is 1.19 bits per heavy atom. The first-order valence-electron chi connectivity index (χ1n) is 21.7. The molecule has 9 rings (SSSR count). The van der Waals surface area contributed by atoms with Crippen LogP contribution in [0.1, 0.15) is 90.2 Å². The quantitative estimate of drug-likeness (QED) is 0.107. The molecule has 0 bridgehead atoms. The number of benzene rings is 4. The number of nitrogens with two attached hydrogens (primary N) is 1. The lowest BCUT2D eigenvalue weighted by atomic mass is 10.0. The molecule has 13 heteroatoms. The smallest absolute Gasteiger partial charge is 0.318 e. The summed E-state index contributed by atoms with van der Waals surface area (Å²) >= 11 is 0. The molecule has 0 spiro atoms. The Bertz CT molecular complexity index is 2600. The molecule has 4 amide bonds. The van der Waals surface area contributed by atoms with Crippen molar-refractivity contribution in [3.05, 3.63) is 155 Å². The van der Waals surface area contributed by atoms with Crippen LogP contribution in [0.15, 0.2) is 122 Å². The van der Waals surface area contributed by atoms with E-state index in [2.05, 4.69) is 32.1 Å². The number of carbonyl (C=O) groups is 3. The molecule has 3 saturated heterocycles. The molecule has 13 nitrogen and oxygen atoms in total. The van der Waals surface area contributed by atoms with Gasteiger partial charge in [-0.1, -0.05) is 96.8 Å². The Labute approximate surface area is 367 Å². The maximum Gasteiger partial charge on any atom is 0.318 e. The number of nitrogens with one attached hydrogen (secondary N) is 3. The summed E-state index contributed by atoms with van der Waals surface area (Å²) in [4.78, 5) is 62.8. The highest BCUT2D eigenvalue weighted by Gasteiger charge is 2.38. The maximum absolute atomic E-state index is 14.3. The number of amides is 4. The lowest BCUT2D eigenvalue weighted by molar-refractivity contribution is -0.135. The summed E-state index contributed by atoms with van der Waals surface area (Å²) in [5, 5.41) is 3.04. The van der Waals surface area contributed by atoms with Crippen molar-refractivity contribution in [3.63, 3.8) is 0 Å². The third kappa shape index (κ3) is 9.00. The van der Waals surface area contributed by atoms with Crippen molar-refractivity contribution >= 4 is 17.8 Å².